The molecular weight excluding hydrogens is 638 g/mol. The molecule has 3 aromatic rings. The molecule has 49 heavy (non-hydrogen) atoms. The number of anilines is 1. The Morgan fingerprint density at radius 3 is 2.24 bits per heavy atom. The van der Waals surface area contributed by atoms with Crippen LogP contribution in [-0.2, 0) is 29.7 Å². The summed E-state index contributed by atoms with van der Waals surface area (Å²) in [4.78, 5) is 31.5. The number of carbonyl (C=O) groups excluding carboxylic acids is 2. The van der Waals surface area contributed by atoms with E-state index in [0.717, 1.165) is 63.1 Å². The van der Waals surface area contributed by atoms with Crippen molar-refractivity contribution in [3.05, 3.63) is 46.9 Å². The van der Waals surface area contributed by atoms with Gasteiger partial charge < -0.3 is 15.8 Å². The number of carbonyl (C=O) groups is 2. The van der Waals surface area contributed by atoms with Gasteiger partial charge in [-0.05, 0) is 49.3 Å². The van der Waals surface area contributed by atoms with Gasteiger partial charge in [-0.3, -0.25) is 14.3 Å². The van der Waals surface area contributed by atoms with E-state index in [-0.39, 0.29) is 23.3 Å². The predicted octanol–water partition coefficient (Wildman–Crippen LogP) is 7.60. The van der Waals surface area contributed by atoms with E-state index in [2.05, 4.69) is 40.1 Å². The van der Waals surface area contributed by atoms with Gasteiger partial charge in [-0.2, -0.15) is 14.6 Å². The minimum absolute atomic E-state index is 0.0144. The van der Waals surface area contributed by atoms with Gasteiger partial charge in [-0.25, -0.2) is 9.67 Å². The second-order valence-electron chi connectivity index (χ2n) is 15.4. The average molecular weight is 694 g/mol. The largest absolute Gasteiger partial charge is 0.364 e. The fourth-order valence-electron chi connectivity index (χ4n) is 8.34. The summed E-state index contributed by atoms with van der Waals surface area (Å²) in [5, 5.41) is 12.0. The highest BCUT2D eigenvalue weighted by molar-refractivity contribution is 6.76. The first-order valence-corrected chi connectivity index (χ1v) is 22.0. The first-order chi connectivity index (χ1) is 23.4. The molecule has 0 aromatic carbocycles. The SMILES string of the molecule is CCc1c(-c2ccc(NC(=O)[C@H](c3cnn(C)c3C(N)=O)C(C3CCCCC3)C3CCCCC3)nc2F)c(C)nn1COCC[Si](C)(C)C. The number of nitrogens with one attached hydrogen (secondary N) is 1. The maximum atomic E-state index is 16.0. The molecule has 3 N–H and O–H groups in total. The van der Waals surface area contributed by atoms with Crippen LogP contribution in [0.15, 0.2) is 18.3 Å². The first kappa shape index (κ1) is 36.9. The molecular formula is C37H56FN7O3Si. The van der Waals surface area contributed by atoms with Crippen LogP contribution in [0, 0.1) is 30.6 Å². The van der Waals surface area contributed by atoms with Crippen molar-refractivity contribution in [2.75, 3.05) is 11.9 Å². The zero-order valence-corrected chi connectivity index (χ0v) is 31.4. The van der Waals surface area contributed by atoms with Crippen LogP contribution in [0.2, 0.25) is 25.7 Å². The molecule has 268 valence electrons. The van der Waals surface area contributed by atoms with E-state index in [0.29, 0.717) is 54.0 Å². The molecule has 3 aromatic heterocycles. The zero-order valence-electron chi connectivity index (χ0n) is 30.4. The first-order valence-electron chi connectivity index (χ1n) is 18.3. The molecule has 0 unspecified atom stereocenters. The summed E-state index contributed by atoms with van der Waals surface area (Å²) in [5.74, 6) is -1.44. The monoisotopic (exact) mass is 693 g/mol. The van der Waals surface area contributed by atoms with E-state index in [1.165, 1.54) is 17.5 Å². The molecule has 0 radical (unpaired) electrons. The molecule has 3 heterocycles. The normalized spacial score (nSPS) is 17.1. The van der Waals surface area contributed by atoms with Crippen molar-refractivity contribution in [2.45, 2.75) is 123 Å². The Hall–Kier alpha value is -3.38. The molecule has 10 nitrogen and oxygen atoms in total. The minimum Gasteiger partial charge on any atom is -0.364 e. The van der Waals surface area contributed by atoms with Crippen LogP contribution in [0.25, 0.3) is 11.1 Å². The number of pyridine rings is 1. The number of primary amides is 1. The van der Waals surface area contributed by atoms with Crippen molar-refractivity contribution in [3.63, 3.8) is 0 Å². The van der Waals surface area contributed by atoms with Crippen LogP contribution in [0.5, 0.6) is 0 Å². The van der Waals surface area contributed by atoms with E-state index in [1.807, 2.05) is 18.5 Å². The van der Waals surface area contributed by atoms with Gasteiger partial charge in [0.05, 0.1) is 17.8 Å². The third-order valence-corrected chi connectivity index (χ3v) is 12.4. The lowest BCUT2D eigenvalue weighted by Crippen LogP contribution is -2.39. The summed E-state index contributed by atoms with van der Waals surface area (Å²) in [6.45, 7) is 11.8. The smallest absolute Gasteiger partial charge is 0.267 e. The van der Waals surface area contributed by atoms with E-state index >= 15 is 4.39 Å². The van der Waals surface area contributed by atoms with Crippen LogP contribution >= 0.6 is 0 Å². The van der Waals surface area contributed by atoms with E-state index in [1.54, 1.807) is 25.4 Å². The third-order valence-electron chi connectivity index (χ3n) is 10.7. The van der Waals surface area contributed by atoms with Gasteiger partial charge >= 0.3 is 0 Å². The van der Waals surface area contributed by atoms with Gasteiger partial charge in [0, 0.05) is 44.1 Å². The Bertz CT molecular complexity index is 1580. The number of aromatic nitrogens is 5. The molecule has 2 amide bonds. The molecule has 2 aliphatic carbocycles. The van der Waals surface area contributed by atoms with Crippen molar-refractivity contribution in [1.82, 2.24) is 24.5 Å². The Morgan fingerprint density at radius 2 is 1.69 bits per heavy atom. The molecule has 5 rings (SSSR count). The number of hydrogen-bond acceptors (Lipinski definition) is 6. The second-order valence-corrected chi connectivity index (χ2v) is 21.0. The second kappa shape index (κ2) is 16.1. The summed E-state index contributed by atoms with van der Waals surface area (Å²) in [6, 6.07) is 4.38. The molecule has 0 aliphatic heterocycles. The van der Waals surface area contributed by atoms with Crippen LogP contribution in [0.3, 0.4) is 0 Å². The van der Waals surface area contributed by atoms with Crippen molar-refractivity contribution < 1.29 is 18.7 Å². The van der Waals surface area contributed by atoms with Crippen molar-refractivity contribution in [2.24, 2.45) is 30.5 Å². The third kappa shape index (κ3) is 8.68. The predicted molar refractivity (Wildman–Crippen MR) is 193 cm³/mol. The van der Waals surface area contributed by atoms with Crippen LogP contribution in [0.1, 0.15) is 104 Å². The molecule has 0 saturated heterocycles. The molecule has 1 atom stereocenters. The fraction of sp³-hybridized carbons (Fsp3) is 0.649. The number of hydrogen-bond donors (Lipinski definition) is 2. The van der Waals surface area contributed by atoms with Gasteiger partial charge in [0.1, 0.15) is 18.2 Å². The summed E-state index contributed by atoms with van der Waals surface area (Å²) in [6.07, 6.45) is 13.4. The van der Waals surface area contributed by atoms with Crippen LogP contribution in [-0.4, -0.2) is 51.0 Å². The number of nitrogens with two attached hydrogens (primary N) is 1. The molecule has 0 bridgehead atoms. The number of nitrogens with zero attached hydrogens (tertiary/aromatic N) is 5. The van der Waals surface area contributed by atoms with Gasteiger partial charge in [0.15, 0.2) is 0 Å². The van der Waals surface area contributed by atoms with Crippen molar-refractivity contribution in [1.29, 1.82) is 0 Å². The maximum Gasteiger partial charge on any atom is 0.267 e. The Balaban J connectivity index is 1.45. The van der Waals surface area contributed by atoms with Gasteiger partial charge in [0.25, 0.3) is 5.91 Å². The van der Waals surface area contributed by atoms with Crippen LogP contribution in [0.4, 0.5) is 10.2 Å². The van der Waals surface area contributed by atoms with Gasteiger partial charge in [-0.15, -0.1) is 0 Å². The van der Waals surface area contributed by atoms with E-state index in [9.17, 15) is 9.59 Å². The summed E-state index contributed by atoms with van der Waals surface area (Å²) in [7, 11) is 0.454. The lowest BCUT2D eigenvalue weighted by atomic mass is 9.63. The van der Waals surface area contributed by atoms with Gasteiger partial charge in [0.2, 0.25) is 11.9 Å². The average Bonchev–Trinajstić information content (AvgIpc) is 3.60. The van der Waals surface area contributed by atoms with Gasteiger partial charge in [-0.1, -0.05) is 90.8 Å². The molecule has 12 heteroatoms. The number of ether oxygens (including phenoxy) is 1. The lowest BCUT2D eigenvalue weighted by Gasteiger charge is -2.41. The zero-order chi connectivity index (χ0) is 35.3. The Kier molecular flexibility index (Phi) is 12.1. The summed E-state index contributed by atoms with van der Waals surface area (Å²) in [5.41, 5.74) is 9.29. The number of amides is 2. The molecule has 2 saturated carbocycles. The number of halogens is 1. The lowest BCUT2D eigenvalue weighted by molar-refractivity contribution is -0.120. The Labute approximate surface area is 291 Å². The molecule has 2 aliphatic rings. The maximum absolute atomic E-state index is 16.0. The fourth-order valence-corrected chi connectivity index (χ4v) is 9.10. The quantitative estimate of drug-likeness (QED) is 0.102. The van der Waals surface area contributed by atoms with E-state index < -0.39 is 25.8 Å². The Morgan fingerprint density at radius 1 is 1.06 bits per heavy atom. The standard InChI is InChI=1S/C37H56FN7O3Si/c1-7-29-31(24(2)43-45(29)23-48-20-21-49(4,5)6)27-18-19-30(41-35(27)38)42-37(47)33(28-22-40-44(3)34(28)36(39)46)32(25-14-10-8-11-15-25)26-16-12-9-13-17-26/h18-19,22,25-26,32-33H,7-17,20-21,23H2,1-6H3,(H2,39,46)(H,41,42,47)/t33-/m1/s1. The van der Waals surface area contributed by atoms with Crippen molar-refractivity contribution in [3.8, 4) is 11.1 Å². The number of aryl methyl sites for hydroxylation is 2. The summed E-state index contributed by atoms with van der Waals surface area (Å²) < 4.78 is 25.2. The summed E-state index contributed by atoms with van der Waals surface area (Å²) >= 11 is 0. The van der Waals surface area contributed by atoms with E-state index in [4.69, 9.17) is 10.5 Å². The van der Waals surface area contributed by atoms with Crippen LogP contribution < -0.4 is 11.1 Å². The highest BCUT2D eigenvalue weighted by Gasteiger charge is 2.43. The topological polar surface area (TPSA) is 130 Å². The molecule has 0 spiro atoms. The number of rotatable bonds is 14. The molecule has 2 fully saturated rings. The highest BCUT2D eigenvalue weighted by atomic mass is 28.3. The van der Waals surface area contributed by atoms with Crippen molar-refractivity contribution >= 4 is 25.7 Å². The highest BCUT2D eigenvalue weighted by Crippen LogP contribution is 2.48. The minimum atomic E-state index is -1.23.